The summed E-state index contributed by atoms with van der Waals surface area (Å²) in [4.78, 5) is 22.2. The van der Waals surface area contributed by atoms with Gasteiger partial charge in [0.1, 0.15) is 11.6 Å². The summed E-state index contributed by atoms with van der Waals surface area (Å²) in [6.07, 6.45) is 5.60. The molecule has 128 valence electrons. The van der Waals surface area contributed by atoms with Gasteiger partial charge in [-0.3, -0.25) is 9.59 Å². The van der Waals surface area contributed by atoms with Crippen LogP contribution in [-0.2, 0) is 16.1 Å². The molecule has 1 atom stereocenters. The van der Waals surface area contributed by atoms with E-state index in [1.54, 1.807) is 12.2 Å². The van der Waals surface area contributed by atoms with E-state index in [1.807, 2.05) is 24.3 Å². The van der Waals surface area contributed by atoms with Crippen molar-refractivity contribution in [2.75, 3.05) is 13.2 Å². The number of hydrogen-bond acceptors (Lipinski definition) is 3. The van der Waals surface area contributed by atoms with Crippen LogP contribution >= 0.6 is 0 Å². The Bertz CT molecular complexity index is 638. The van der Waals surface area contributed by atoms with Gasteiger partial charge in [-0.15, -0.1) is 0 Å². The fourth-order valence-corrected chi connectivity index (χ4v) is 2.20. The third kappa shape index (κ3) is 6.24. The van der Waals surface area contributed by atoms with E-state index < -0.39 is 0 Å². The molecular formula is C18H21FN2O3. The summed E-state index contributed by atoms with van der Waals surface area (Å²) < 4.78 is 18.8. The van der Waals surface area contributed by atoms with Crippen molar-refractivity contribution >= 4 is 11.8 Å². The highest BCUT2D eigenvalue weighted by Gasteiger charge is 2.10. The molecule has 2 amide bonds. The smallest absolute Gasteiger partial charge is 0.239 e. The molecule has 1 aliphatic rings. The summed E-state index contributed by atoms with van der Waals surface area (Å²) in [7, 11) is 0. The summed E-state index contributed by atoms with van der Waals surface area (Å²) in [6.45, 7) is 2.13. The van der Waals surface area contributed by atoms with Gasteiger partial charge in [0, 0.05) is 19.4 Å². The van der Waals surface area contributed by atoms with Crippen molar-refractivity contribution in [2.24, 2.45) is 5.92 Å². The predicted octanol–water partition coefficient (Wildman–Crippen LogP) is 2.25. The maximum Gasteiger partial charge on any atom is 0.239 e. The highest BCUT2D eigenvalue weighted by molar-refractivity contribution is 5.83. The molecule has 1 aliphatic carbocycles. The van der Waals surface area contributed by atoms with Gasteiger partial charge in [-0.2, -0.15) is 0 Å². The first-order chi connectivity index (χ1) is 11.5. The molecule has 0 bridgehead atoms. The molecule has 24 heavy (non-hydrogen) atoms. The molecule has 0 fully saturated rings. The lowest BCUT2D eigenvalue weighted by Gasteiger charge is -2.15. The Hall–Kier alpha value is -2.63. The molecule has 0 aliphatic heterocycles. The van der Waals surface area contributed by atoms with Crippen LogP contribution in [-0.4, -0.2) is 25.0 Å². The van der Waals surface area contributed by atoms with Crippen molar-refractivity contribution in [3.05, 3.63) is 53.9 Å². The van der Waals surface area contributed by atoms with Crippen LogP contribution in [0.15, 0.2) is 48.3 Å². The monoisotopic (exact) mass is 332 g/mol. The largest absolute Gasteiger partial charge is 0.493 e. The topological polar surface area (TPSA) is 67.4 Å². The highest BCUT2D eigenvalue weighted by atomic mass is 19.1. The van der Waals surface area contributed by atoms with E-state index in [0.717, 1.165) is 12.0 Å². The van der Waals surface area contributed by atoms with Crippen LogP contribution in [0, 0.1) is 5.92 Å². The van der Waals surface area contributed by atoms with Crippen molar-refractivity contribution in [3.63, 3.8) is 0 Å². The van der Waals surface area contributed by atoms with Crippen LogP contribution in [0.25, 0.3) is 0 Å². The fraction of sp³-hybridized carbons (Fsp3) is 0.333. The average molecular weight is 332 g/mol. The van der Waals surface area contributed by atoms with E-state index >= 15 is 0 Å². The number of allylic oxidation sites excluding steroid dienone is 3. The number of rotatable bonds is 7. The van der Waals surface area contributed by atoms with E-state index in [-0.39, 0.29) is 30.1 Å². The van der Waals surface area contributed by atoms with Crippen molar-refractivity contribution in [1.82, 2.24) is 10.6 Å². The molecule has 0 aromatic heterocycles. The van der Waals surface area contributed by atoms with Gasteiger partial charge in [-0.1, -0.05) is 18.2 Å². The number of carbonyl (C=O) groups excluding carboxylic acids is 2. The van der Waals surface area contributed by atoms with Crippen molar-refractivity contribution in [3.8, 4) is 5.75 Å². The molecular weight excluding hydrogens is 311 g/mol. The van der Waals surface area contributed by atoms with E-state index in [9.17, 15) is 14.0 Å². The Labute approximate surface area is 140 Å². The standard InChI is InChI=1S/C18H21FN2O3/c1-13(22)20-11-18(23)21-10-14-5-7-17(8-6-14)24-12-15-3-2-4-16(19)9-15/h2,4-9,15H,3,10-12H2,1H3,(H,20,22)(H,21,23). The van der Waals surface area contributed by atoms with E-state index in [2.05, 4.69) is 10.6 Å². The Morgan fingerprint density at radius 3 is 2.67 bits per heavy atom. The van der Waals surface area contributed by atoms with Gasteiger partial charge in [-0.25, -0.2) is 4.39 Å². The Morgan fingerprint density at radius 2 is 2.00 bits per heavy atom. The highest BCUT2D eigenvalue weighted by Crippen LogP contribution is 2.19. The molecule has 0 spiro atoms. The minimum atomic E-state index is -0.246. The molecule has 0 heterocycles. The lowest BCUT2D eigenvalue weighted by Crippen LogP contribution is -2.35. The van der Waals surface area contributed by atoms with Crippen LogP contribution in [0.3, 0.4) is 0 Å². The second-order valence-electron chi connectivity index (χ2n) is 5.59. The second kappa shape index (κ2) is 8.86. The minimum Gasteiger partial charge on any atom is -0.493 e. The first-order valence-electron chi connectivity index (χ1n) is 7.79. The zero-order valence-electron chi connectivity index (χ0n) is 13.5. The summed E-state index contributed by atoms with van der Waals surface area (Å²) in [5.41, 5.74) is 0.921. The lowest BCUT2D eigenvalue weighted by molar-refractivity contribution is -0.125. The Kier molecular flexibility index (Phi) is 6.54. The predicted molar refractivity (Wildman–Crippen MR) is 88.9 cm³/mol. The third-order valence-electron chi connectivity index (χ3n) is 3.49. The average Bonchev–Trinajstić information content (AvgIpc) is 2.57. The van der Waals surface area contributed by atoms with Gasteiger partial charge in [0.05, 0.1) is 13.2 Å². The number of nitrogens with one attached hydrogen (secondary N) is 2. The van der Waals surface area contributed by atoms with Gasteiger partial charge < -0.3 is 15.4 Å². The maximum absolute atomic E-state index is 13.1. The van der Waals surface area contributed by atoms with Crippen LogP contribution < -0.4 is 15.4 Å². The van der Waals surface area contributed by atoms with Crippen molar-refractivity contribution in [2.45, 2.75) is 19.9 Å². The number of carbonyl (C=O) groups is 2. The molecule has 5 nitrogen and oxygen atoms in total. The number of hydrogen-bond donors (Lipinski definition) is 2. The van der Waals surface area contributed by atoms with E-state index in [0.29, 0.717) is 18.9 Å². The molecule has 2 N–H and O–H groups in total. The molecule has 2 rings (SSSR count). The molecule has 1 aromatic rings. The van der Waals surface area contributed by atoms with Crippen molar-refractivity contribution < 1.29 is 18.7 Å². The van der Waals surface area contributed by atoms with E-state index in [1.165, 1.54) is 13.0 Å². The summed E-state index contributed by atoms with van der Waals surface area (Å²) in [5.74, 6) is 0.0363. The maximum atomic E-state index is 13.1. The Balaban J connectivity index is 1.73. The first kappa shape index (κ1) is 17.7. The second-order valence-corrected chi connectivity index (χ2v) is 5.59. The van der Waals surface area contributed by atoms with Crippen LogP contribution in [0.1, 0.15) is 18.9 Å². The Morgan fingerprint density at radius 1 is 1.25 bits per heavy atom. The number of ether oxygens (including phenoxy) is 1. The third-order valence-corrected chi connectivity index (χ3v) is 3.49. The lowest BCUT2D eigenvalue weighted by atomic mass is 10.0. The first-order valence-corrected chi connectivity index (χ1v) is 7.79. The number of halogens is 1. The van der Waals surface area contributed by atoms with Crippen LogP contribution in [0.5, 0.6) is 5.75 Å². The van der Waals surface area contributed by atoms with Crippen LogP contribution in [0.4, 0.5) is 4.39 Å². The van der Waals surface area contributed by atoms with Crippen molar-refractivity contribution in [1.29, 1.82) is 0 Å². The van der Waals surface area contributed by atoms with Gasteiger partial charge in [0.25, 0.3) is 0 Å². The zero-order chi connectivity index (χ0) is 17.4. The molecule has 1 aromatic carbocycles. The molecule has 1 unspecified atom stereocenters. The van der Waals surface area contributed by atoms with E-state index in [4.69, 9.17) is 4.74 Å². The van der Waals surface area contributed by atoms with Gasteiger partial charge in [0.2, 0.25) is 11.8 Å². The van der Waals surface area contributed by atoms with Gasteiger partial charge >= 0.3 is 0 Å². The minimum absolute atomic E-state index is 0.0313. The SMILES string of the molecule is CC(=O)NCC(=O)NCc1ccc(OCC2C=C(F)C=CC2)cc1. The number of amides is 2. The van der Waals surface area contributed by atoms with Gasteiger partial charge in [0.15, 0.2) is 0 Å². The summed E-state index contributed by atoms with van der Waals surface area (Å²) in [6, 6.07) is 7.33. The summed E-state index contributed by atoms with van der Waals surface area (Å²) in [5, 5.41) is 5.15. The number of benzene rings is 1. The summed E-state index contributed by atoms with van der Waals surface area (Å²) >= 11 is 0. The van der Waals surface area contributed by atoms with Crippen LogP contribution in [0.2, 0.25) is 0 Å². The quantitative estimate of drug-likeness (QED) is 0.805. The fourth-order valence-electron chi connectivity index (χ4n) is 2.20. The zero-order valence-corrected chi connectivity index (χ0v) is 13.5. The molecule has 0 saturated carbocycles. The van der Waals surface area contributed by atoms with Gasteiger partial charge in [-0.05, 0) is 36.3 Å². The molecule has 6 heteroatoms. The molecule has 0 saturated heterocycles. The normalized spacial score (nSPS) is 16.2. The molecule has 0 radical (unpaired) electrons.